The van der Waals surface area contributed by atoms with Crippen LogP contribution in [-0.4, -0.2) is 9.97 Å². The molecule has 0 spiro atoms. The van der Waals surface area contributed by atoms with E-state index in [4.69, 9.17) is 0 Å². The molecule has 1 heterocycles. The van der Waals surface area contributed by atoms with Gasteiger partial charge < -0.3 is 0 Å². The summed E-state index contributed by atoms with van der Waals surface area (Å²) in [5, 5.41) is 0. The van der Waals surface area contributed by atoms with Crippen LogP contribution in [0, 0.1) is 5.95 Å². The summed E-state index contributed by atoms with van der Waals surface area (Å²) in [4.78, 5) is 7.15. The molecule has 0 radical (unpaired) electrons. The minimum Gasteiger partial charge on any atom is -0.250 e. The van der Waals surface area contributed by atoms with Crippen molar-refractivity contribution < 1.29 is 4.39 Å². The predicted molar refractivity (Wildman–Crippen MR) is 36.7 cm³/mol. The van der Waals surface area contributed by atoms with Crippen molar-refractivity contribution >= 4 is 5.57 Å². The first-order valence-electron chi connectivity index (χ1n) is 2.84. The molecule has 0 bridgehead atoms. The molecule has 0 amide bonds. The van der Waals surface area contributed by atoms with E-state index in [9.17, 15) is 4.39 Å². The molecule has 0 atom stereocenters. The van der Waals surface area contributed by atoms with Crippen molar-refractivity contribution in [2.24, 2.45) is 0 Å². The number of nitrogens with zero attached hydrogens (tertiary/aromatic N) is 2. The predicted octanol–water partition coefficient (Wildman–Crippen LogP) is 1.65. The van der Waals surface area contributed by atoms with Gasteiger partial charge in [-0.15, -0.1) is 0 Å². The lowest BCUT2D eigenvalue weighted by Crippen LogP contribution is -1.92. The summed E-state index contributed by atoms with van der Waals surface area (Å²) in [5.74, 6) is -0.560. The lowest BCUT2D eigenvalue weighted by molar-refractivity contribution is 0.572. The van der Waals surface area contributed by atoms with Crippen LogP contribution >= 0.6 is 0 Å². The second-order valence-corrected chi connectivity index (χ2v) is 1.98. The van der Waals surface area contributed by atoms with E-state index in [1.54, 1.807) is 6.92 Å². The van der Waals surface area contributed by atoms with E-state index in [1.807, 2.05) is 0 Å². The van der Waals surface area contributed by atoms with Crippen molar-refractivity contribution in [1.82, 2.24) is 9.97 Å². The molecule has 0 N–H and O–H groups in total. The second kappa shape index (κ2) is 2.56. The third-order valence-electron chi connectivity index (χ3n) is 1.06. The van der Waals surface area contributed by atoms with Gasteiger partial charge in [-0.2, -0.15) is 4.39 Å². The van der Waals surface area contributed by atoms with Crippen LogP contribution in [0.1, 0.15) is 12.6 Å². The molecule has 0 fully saturated rings. The number of allylic oxidation sites excluding steroid dienone is 1. The van der Waals surface area contributed by atoms with Crippen molar-refractivity contribution in [2.45, 2.75) is 6.92 Å². The molecule has 0 aliphatic heterocycles. The Morgan fingerprint density at radius 1 is 1.50 bits per heavy atom. The lowest BCUT2D eigenvalue weighted by Gasteiger charge is -1.96. The zero-order valence-electron chi connectivity index (χ0n) is 5.63. The average molecular weight is 138 g/mol. The van der Waals surface area contributed by atoms with Crippen molar-refractivity contribution in [3.05, 3.63) is 30.6 Å². The monoisotopic (exact) mass is 138 g/mol. The first-order valence-corrected chi connectivity index (χ1v) is 2.84. The SMILES string of the molecule is C=C(C)c1nccnc1F. The molecule has 1 aromatic heterocycles. The highest BCUT2D eigenvalue weighted by Crippen LogP contribution is 2.08. The molecular formula is C7H7FN2. The van der Waals surface area contributed by atoms with Crippen LogP contribution in [0.4, 0.5) is 4.39 Å². The van der Waals surface area contributed by atoms with Crippen LogP contribution in [0.5, 0.6) is 0 Å². The van der Waals surface area contributed by atoms with Crippen molar-refractivity contribution in [3.8, 4) is 0 Å². The van der Waals surface area contributed by atoms with E-state index < -0.39 is 5.95 Å². The standard InChI is InChI=1S/C7H7FN2/c1-5(2)6-7(8)10-4-3-9-6/h3-4H,1H2,2H3. The second-order valence-electron chi connectivity index (χ2n) is 1.98. The molecule has 0 saturated carbocycles. The summed E-state index contributed by atoms with van der Waals surface area (Å²) >= 11 is 0. The Labute approximate surface area is 58.4 Å². The van der Waals surface area contributed by atoms with Gasteiger partial charge in [-0.3, -0.25) is 4.98 Å². The fourth-order valence-electron chi connectivity index (χ4n) is 0.607. The van der Waals surface area contributed by atoms with Gasteiger partial charge in [0.1, 0.15) is 5.69 Å². The van der Waals surface area contributed by atoms with E-state index >= 15 is 0 Å². The maximum Gasteiger partial charge on any atom is 0.239 e. The first kappa shape index (κ1) is 6.86. The number of hydrogen-bond acceptors (Lipinski definition) is 2. The van der Waals surface area contributed by atoms with E-state index in [1.165, 1.54) is 12.4 Å². The minimum absolute atomic E-state index is 0.238. The Kier molecular flexibility index (Phi) is 1.76. The van der Waals surface area contributed by atoms with Gasteiger partial charge in [-0.1, -0.05) is 6.58 Å². The fraction of sp³-hybridized carbons (Fsp3) is 0.143. The van der Waals surface area contributed by atoms with Gasteiger partial charge in [0.2, 0.25) is 5.95 Å². The summed E-state index contributed by atoms with van der Waals surface area (Å²) in [7, 11) is 0. The Morgan fingerprint density at radius 2 is 2.10 bits per heavy atom. The van der Waals surface area contributed by atoms with E-state index in [0.717, 1.165) is 0 Å². The van der Waals surface area contributed by atoms with Crippen LogP contribution in [-0.2, 0) is 0 Å². The summed E-state index contributed by atoms with van der Waals surface area (Å²) in [5.41, 5.74) is 0.827. The van der Waals surface area contributed by atoms with Crippen molar-refractivity contribution in [3.63, 3.8) is 0 Å². The summed E-state index contributed by atoms with van der Waals surface area (Å²) in [6, 6.07) is 0. The van der Waals surface area contributed by atoms with Crippen LogP contribution in [0.15, 0.2) is 19.0 Å². The highest BCUT2D eigenvalue weighted by atomic mass is 19.1. The van der Waals surface area contributed by atoms with E-state index in [0.29, 0.717) is 5.57 Å². The molecule has 0 unspecified atom stereocenters. The Bertz CT molecular complexity index is 258. The van der Waals surface area contributed by atoms with Crippen LogP contribution in [0.25, 0.3) is 5.57 Å². The van der Waals surface area contributed by atoms with Crippen LogP contribution in [0.2, 0.25) is 0 Å². The molecule has 1 rings (SSSR count). The molecule has 0 saturated heterocycles. The maximum atomic E-state index is 12.6. The summed E-state index contributed by atoms with van der Waals surface area (Å²) in [6.07, 6.45) is 2.74. The third kappa shape index (κ3) is 1.18. The molecule has 0 aliphatic carbocycles. The average Bonchev–Trinajstić information content (AvgIpc) is 1.88. The van der Waals surface area contributed by atoms with Gasteiger partial charge in [0.05, 0.1) is 0 Å². The molecule has 3 heteroatoms. The normalized spacial score (nSPS) is 9.40. The Balaban J connectivity index is 3.15. The molecule has 2 nitrogen and oxygen atoms in total. The molecule has 52 valence electrons. The number of hydrogen-bond donors (Lipinski definition) is 0. The fourth-order valence-corrected chi connectivity index (χ4v) is 0.607. The van der Waals surface area contributed by atoms with Crippen molar-refractivity contribution in [1.29, 1.82) is 0 Å². The minimum atomic E-state index is -0.560. The topological polar surface area (TPSA) is 25.8 Å². The zero-order chi connectivity index (χ0) is 7.56. The Hall–Kier alpha value is -1.25. The smallest absolute Gasteiger partial charge is 0.239 e. The molecule has 10 heavy (non-hydrogen) atoms. The largest absolute Gasteiger partial charge is 0.250 e. The molecule has 0 aliphatic rings. The van der Waals surface area contributed by atoms with Crippen molar-refractivity contribution in [2.75, 3.05) is 0 Å². The van der Waals surface area contributed by atoms with Gasteiger partial charge in [0.25, 0.3) is 0 Å². The third-order valence-corrected chi connectivity index (χ3v) is 1.06. The Morgan fingerprint density at radius 3 is 2.50 bits per heavy atom. The molecule has 1 aromatic rings. The van der Waals surface area contributed by atoms with Gasteiger partial charge >= 0.3 is 0 Å². The molecular weight excluding hydrogens is 131 g/mol. The highest BCUT2D eigenvalue weighted by molar-refractivity contribution is 5.56. The summed E-state index contributed by atoms with van der Waals surface area (Å²) < 4.78 is 12.6. The van der Waals surface area contributed by atoms with Crippen LogP contribution < -0.4 is 0 Å². The van der Waals surface area contributed by atoms with Gasteiger partial charge in [0, 0.05) is 12.4 Å². The number of aromatic nitrogens is 2. The van der Waals surface area contributed by atoms with Gasteiger partial charge in [-0.05, 0) is 12.5 Å². The zero-order valence-corrected chi connectivity index (χ0v) is 5.63. The number of halogens is 1. The lowest BCUT2D eigenvalue weighted by atomic mass is 10.2. The summed E-state index contributed by atoms with van der Waals surface area (Å²) in [6.45, 7) is 5.23. The van der Waals surface area contributed by atoms with Gasteiger partial charge in [0.15, 0.2) is 0 Å². The van der Waals surface area contributed by atoms with Crippen LogP contribution in [0.3, 0.4) is 0 Å². The van der Waals surface area contributed by atoms with E-state index in [-0.39, 0.29) is 5.69 Å². The van der Waals surface area contributed by atoms with E-state index in [2.05, 4.69) is 16.5 Å². The first-order chi connectivity index (χ1) is 4.72. The highest BCUT2D eigenvalue weighted by Gasteiger charge is 2.02. The maximum absolute atomic E-state index is 12.6. The van der Waals surface area contributed by atoms with Gasteiger partial charge in [-0.25, -0.2) is 4.98 Å². The number of rotatable bonds is 1. The quantitative estimate of drug-likeness (QED) is 0.589. The molecule has 0 aromatic carbocycles.